The van der Waals surface area contributed by atoms with Crippen LogP contribution in [0.15, 0.2) is 47.8 Å². The van der Waals surface area contributed by atoms with Gasteiger partial charge in [0.1, 0.15) is 34.9 Å². The van der Waals surface area contributed by atoms with Crippen LogP contribution in [-0.2, 0) is 12.7 Å². The zero-order valence-corrected chi connectivity index (χ0v) is 23.6. The zero-order chi connectivity index (χ0) is 31.1. The van der Waals surface area contributed by atoms with E-state index >= 15 is 4.39 Å². The Hall–Kier alpha value is -5.08. The van der Waals surface area contributed by atoms with Crippen molar-refractivity contribution in [3.05, 3.63) is 70.4 Å². The Labute approximate surface area is 241 Å². The van der Waals surface area contributed by atoms with Gasteiger partial charge in [-0.05, 0) is 37.6 Å². The third-order valence-electron chi connectivity index (χ3n) is 6.59. The van der Waals surface area contributed by atoms with E-state index < -0.39 is 29.3 Å². The Balaban J connectivity index is 1.64. The van der Waals surface area contributed by atoms with Crippen LogP contribution >= 0.6 is 0 Å². The normalized spacial score (nSPS) is 11.8. The van der Waals surface area contributed by atoms with E-state index in [0.717, 1.165) is 12.3 Å². The Bertz CT molecular complexity index is 1860. The van der Waals surface area contributed by atoms with Crippen LogP contribution in [0.1, 0.15) is 31.1 Å². The number of halogens is 4. The van der Waals surface area contributed by atoms with Crippen LogP contribution in [0.4, 0.5) is 17.6 Å². The Morgan fingerprint density at radius 3 is 2.23 bits per heavy atom. The fourth-order valence-electron chi connectivity index (χ4n) is 4.60. The molecule has 0 atom stereocenters. The number of nitrogens with zero attached hydrogens (tertiary/aromatic N) is 7. The molecule has 5 rings (SSSR count). The molecule has 0 aliphatic rings. The molecule has 4 aromatic heterocycles. The second kappa shape index (κ2) is 11.3. The highest BCUT2D eigenvalue weighted by Crippen LogP contribution is 2.38. The molecule has 43 heavy (non-hydrogen) atoms. The van der Waals surface area contributed by atoms with E-state index in [9.17, 15) is 18.0 Å². The second-order valence-electron chi connectivity index (χ2n) is 9.60. The summed E-state index contributed by atoms with van der Waals surface area (Å²) in [4.78, 5) is 33.8. The van der Waals surface area contributed by atoms with Crippen LogP contribution in [0.5, 0.6) is 17.5 Å². The largest absolute Gasteiger partial charge is 0.496 e. The second-order valence-corrected chi connectivity index (χ2v) is 9.60. The number of rotatable bonds is 8. The lowest BCUT2D eigenvalue weighted by molar-refractivity contribution is -0.140. The van der Waals surface area contributed by atoms with Gasteiger partial charge >= 0.3 is 6.18 Å². The van der Waals surface area contributed by atoms with Crippen LogP contribution in [-0.4, -0.2) is 55.4 Å². The summed E-state index contributed by atoms with van der Waals surface area (Å²) in [5.41, 5.74) is -1.10. The SMILES string of the molecule is COc1cc(Cn2c(=O)ccc3cnc(-c4c(OC)ncnc4OC)nc32)cc(F)c1-c1nc(C(F)(F)F)cn1C(C)C. The minimum absolute atomic E-state index is 0.0595. The van der Waals surface area contributed by atoms with Crippen molar-refractivity contribution in [3.63, 3.8) is 0 Å². The predicted molar refractivity (Wildman–Crippen MR) is 147 cm³/mol. The van der Waals surface area contributed by atoms with Crippen molar-refractivity contribution in [1.82, 2.24) is 34.1 Å². The first-order valence-corrected chi connectivity index (χ1v) is 12.8. The third kappa shape index (κ3) is 5.45. The molecule has 0 unspecified atom stereocenters. The van der Waals surface area contributed by atoms with Gasteiger partial charge in [-0.2, -0.15) is 13.2 Å². The van der Waals surface area contributed by atoms with Gasteiger partial charge in [-0.25, -0.2) is 29.3 Å². The summed E-state index contributed by atoms with van der Waals surface area (Å²) < 4.78 is 74.7. The molecule has 224 valence electrons. The number of imidazole rings is 1. The summed E-state index contributed by atoms with van der Waals surface area (Å²) >= 11 is 0. The molecule has 0 aliphatic carbocycles. The van der Waals surface area contributed by atoms with E-state index in [-0.39, 0.29) is 58.0 Å². The maximum Gasteiger partial charge on any atom is 0.434 e. The first-order valence-electron chi connectivity index (χ1n) is 12.8. The summed E-state index contributed by atoms with van der Waals surface area (Å²) in [6, 6.07) is 4.96. The molecule has 0 amide bonds. The maximum atomic E-state index is 15.7. The molecule has 0 bridgehead atoms. The first kappa shape index (κ1) is 29.4. The molecule has 0 radical (unpaired) electrons. The molecule has 4 heterocycles. The van der Waals surface area contributed by atoms with E-state index in [2.05, 4.69) is 24.9 Å². The van der Waals surface area contributed by atoms with Gasteiger partial charge in [0.15, 0.2) is 11.5 Å². The lowest BCUT2D eigenvalue weighted by Gasteiger charge is -2.16. The number of benzene rings is 1. The quantitative estimate of drug-likeness (QED) is 0.229. The molecule has 0 aliphatic heterocycles. The average Bonchev–Trinajstić information content (AvgIpc) is 3.44. The number of alkyl halides is 3. The van der Waals surface area contributed by atoms with Crippen LogP contribution in [0, 0.1) is 5.82 Å². The van der Waals surface area contributed by atoms with Gasteiger partial charge in [-0.3, -0.25) is 9.36 Å². The van der Waals surface area contributed by atoms with Gasteiger partial charge in [0.05, 0.1) is 33.4 Å². The van der Waals surface area contributed by atoms with E-state index in [1.807, 2.05) is 0 Å². The van der Waals surface area contributed by atoms with Crippen LogP contribution < -0.4 is 19.8 Å². The smallest absolute Gasteiger partial charge is 0.434 e. The Kier molecular flexibility index (Phi) is 7.73. The van der Waals surface area contributed by atoms with Crippen molar-refractivity contribution >= 4 is 11.0 Å². The zero-order valence-electron chi connectivity index (χ0n) is 23.6. The molecular weight excluding hydrogens is 574 g/mol. The highest BCUT2D eigenvalue weighted by molar-refractivity contribution is 5.78. The fourth-order valence-corrected chi connectivity index (χ4v) is 4.60. The Morgan fingerprint density at radius 2 is 1.63 bits per heavy atom. The lowest BCUT2D eigenvalue weighted by Crippen LogP contribution is -2.21. The van der Waals surface area contributed by atoms with E-state index in [1.165, 1.54) is 55.1 Å². The highest BCUT2D eigenvalue weighted by Gasteiger charge is 2.36. The van der Waals surface area contributed by atoms with E-state index in [1.54, 1.807) is 19.9 Å². The number of ether oxygens (including phenoxy) is 3. The molecule has 0 fully saturated rings. The monoisotopic (exact) mass is 599 g/mol. The van der Waals surface area contributed by atoms with Crippen molar-refractivity contribution in [3.8, 4) is 40.3 Å². The number of pyridine rings is 1. The molecule has 11 nitrogen and oxygen atoms in total. The van der Waals surface area contributed by atoms with Crippen molar-refractivity contribution in [2.45, 2.75) is 32.6 Å². The van der Waals surface area contributed by atoms with Crippen molar-refractivity contribution in [2.75, 3.05) is 21.3 Å². The summed E-state index contributed by atoms with van der Waals surface area (Å²) in [5, 5.41) is 0.501. The van der Waals surface area contributed by atoms with Crippen molar-refractivity contribution in [2.24, 2.45) is 0 Å². The topological polar surface area (TPSA) is 119 Å². The molecule has 0 spiro atoms. The molecule has 1 aromatic carbocycles. The fraction of sp³-hybridized carbons (Fsp3) is 0.286. The molecule has 15 heteroatoms. The molecule has 0 saturated carbocycles. The number of methoxy groups -OCH3 is 3. The Morgan fingerprint density at radius 1 is 0.930 bits per heavy atom. The van der Waals surface area contributed by atoms with Crippen molar-refractivity contribution in [1.29, 1.82) is 0 Å². The van der Waals surface area contributed by atoms with Crippen LogP contribution in [0.25, 0.3) is 33.8 Å². The van der Waals surface area contributed by atoms with Crippen molar-refractivity contribution < 1.29 is 31.8 Å². The maximum absolute atomic E-state index is 15.7. The summed E-state index contributed by atoms with van der Waals surface area (Å²) in [5.74, 6) is -0.776. The number of hydrogen-bond donors (Lipinski definition) is 0. The highest BCUT2D eigenvalue weighted by atomic mass is 19.4. The van der Waals surface area contributed by atoms with Gasteiger partial charge in [-0.1, -0.05) is 0 Å². The van der Waals surface area contributed by atoms with Gasteiger partial charge in [0, 0.05) is 29.9 Å². The predicted octanol–water partition coefficient (Wildman–Crippen LogP) is 4.92. The minimum Gasteiger partial charge on any atom is -0.496 e. The van der Waals surface area contributed by atoms with Gasteiger partial charge < -0.3 is 18.8 Å². The third-order valence-corrected chi connectivity index (χ3v) is 6.59. The number of aromatic nitrogens is 7. The standard InChI is InChI=1S/C28H25F4N7O4/c1-14(2)38-12-19(28(30,31)32)36-25(38)21-17(29)8-15(9-18(21)41-3)11-39-20(40)7-6-16-10-33-23(37-24(16)39)22-26(42-4)34-13-35-27(22)43-5/h6-10,12-14H,11H2,1-5H3. The van der Waals surface area contributed by atoms with E-state index in [0.29, 0.717) is 5.39 Å². The summed E-state index contributed by atoms with van der Waals surface area (Å²) in [6.07, 6.45) is -1.15. The minimum atomic E-state index is -4.73. The number of fused-ring (bicyclic) bond motifs is 1. The molecule has 0 N–H and O–H groups in total. The molecule has 5 aromatic rings. The summed E-state index contributed by atoms with van der Waals surface area (Å²) in [7, 11) is 4.08. The van der Waals surface area contributed by atoms with Crippen LogP contribution in [0.3, 0.4) is 0 Å². The lowest BCUT2D eigenvalue weighted by atomic mass is 10.1. The first-order chi connectivity index (χ1) is 20.5. The summed E-state index contributed by atoms with van der Waals surface area (Å²) in [6.45, 7) is 3.14. The van der Waals surface area contributed by atoms with Gasteiger partial charge in [0.25, 0.3) is 5.56 Å². The van der Waals surface area contributed by atoms with E-state index in [4.69, 9.17) is 14.2 Å². The van der Waals surface area contributed by atoms with Gasteiger partial charge in [-0.15, -0.1) is 0 Å². The molecule has 0 saturated heterocycles. The average molecular weight is 600 g/mol. The molecular formula is C28H25F4N7O4. The van der Waals surface area contributed by atoms with Gasteiger partial charge in [0.2, 0.25) is 11.8 Å². The van der Waals surface area contributed by atoms with Crippen LogP contribution in [0.2, 0.25) is 0 Å². The number of hydrogen-bond acceptors (Lipinski definition) is 9.